The average Bonchev–Trinajstić information content (AvgIpc) is 2.72. The lowest BCUT2D eigenvalue weighted by atomic mass is 10.2. The molecule has 118 valence electrons. The Labute approximate surface area is 118 Å². The summed E-state index contributed by atoms with van der Waals surface area (Å²) in [6, 6.07) is -0.195. The highest BCUT2D eigenvalue weighted by Crippen LogP contribution is 2.31. The molecule has 0 aromatic carbocycles. The van der Waals surface area contributed by atoms with Gasteiger partial charge in [-0.2, -0.15) is 13.2 Å². The van der Waals surface area contributed by atoms with Gasteiger partial charge < -0.3 is 10.4 Å². The number of halogens is 3. The van der Waals surface area contributed by atoms with Crippen molar-refractivity contribution < 1.29 is 27.9 Å². The smallest absolute Gasteiger partial charge is 0.435 e. The van der Waals surface area contributed by atoms with Crippen molar-refractivity contribution in [3.05, 3.63) is 11.4 Å². The number of carbonyl (C=O) groups excluding carboxylic acids is 1. The van der Waals surface area contributed by atoms with E-state index < -0.39 is 36.0 Å². The van der Waals surface area contributed by atoms with Gasteiger partial charge in [0.2, 0.25) is 11.6 Å². The molecular weight excluding hydrogens is 293 g/mol. The number of carboxylic acids is 1. The van der Waals surface area contributed by atoms with Crippen molar-refractivity contribution in [1.29, 1.82) is 0 Å². The van der Waals surface area contributed by atoms with Crippen LogP contribution in [-0.2, 0) is 17.5 Å². The van der Waals surface area contributed by atoms with Crippen LogP contribution < -0.4 is 5.32 Å². The van der Waals surface area contributed by atoms with E-state index in [1.807, 2.05) is 6.92 Å². The molecule has 0 bridgehead atoms. The van der Waals surface area contributed by atoms with Crippen molar-refractivity contribution in [2.24, 2.45) is 0 Å². The first-order chi connectivity index (χ1) is 9.66. The molecule has 2 N–H and O–H groups in total. The summed E-state index contributed by atoms with van der Waals surface area (Å²) in [4.78, 5) is 22.4. The van der Waals surface area contributed by atoms with Gasteiger partial charge >= 0.3 is 12.1 Å². The molecular formula is C11H15F3N4O3. The highest BCUT2D eigenvalue weighted by atomic mass is 19.4. The van der Waals surface area contributed by atoms with Gasteiger partial charge in [0, 0.05) is 6.04 Å². The number of carboxylic acid groups (broad SMARTS) is 1. The third-order valence-corrected chi connectivity index (χ3v) is 2.63. The maximum absolute atomic E-state index is 12.8. The van der Waals surface area contributed by atoms with Gasteiger partial charge in [-0.1, -0.05) is 18.6 Å². The van der Waals surface area contributed by atoms with E-state index in [2.05, 4.69) is 15.6 Å². The number of nitrogens with one attached hydrogen (secondary N) is 1. The summed E-state index contributed by atoms with van der Waals surface area (Å²) >= 11 is 0. The predicted molar refractivity (Wildman–Crippen MR) is 64.5 cm³/mol. The lowest BCUT2D eigenvalue weighted by molar-refractivity contribution is -0.145. The number of hydrogen-bond donors (Lipinski definition) is 2. The van der Waals surface area contributed by atoms with E-state index in [1.165, 1.54) is 0 Å². The maximum atomic E-state index is 12.8. The molecule has 21 heavy (non-hydrogen) atoms. The minimum atomic E-state index is -4.97. The van der Waals surface area contributed by atoms with Crippen molar-refractivity contribution in [3.8, 4) is 0 Å². The van der Waals surface area contributed by atoms with Crippen LogP contribution in [0.5, 0.6) is 0 Å². The van der Waals surface area contributed by atoms with Crippen LogP contribution in [0, 0.1) is 0 Å². The first-order valence-electron chi connectivity index (χ1n) is 6.20. The van der Waals surface area contributed by atoms with E-state index in [-0.39, 0.29) is 10.7 Å². The van der Waals surface area contributed by atoms with Crippen LogP contribution in [0.4, 0.5) is 13.2 Å². The molecule has 1 aromatic heterocycles. The Bertz CT molecular complexity index is 527. The topological polar surface area (TPSA) is 97.1 Å². The number of carbonyl (C=O) groups is 2. The second-order valence-electron chi connectivity index (χ2n) is 4.50. The highest BCUT2D eigenvalue weighted by Gasteiger charge is 2.41. The number of hydrogen-bond acceptors (Lipinski definition) is 4. The molecule has 1 heterocycles. The molecule has 0 fully saturated rings. The number of rotatable bonds is 6. The standard InChI is InChI=1S/C11H15F3N4O3/c1-3-4-6(2)15-7(19)5-18-9(11(12,13)14)8(10(20)21)16-17-18/h6H,3-5H2,1-2H3,(H,15,19)(H,20,21). The molecule has 1 unspecified atom stereocenters. The first-order valence-corrected chi connectivity index (χ1v) is 6.20. The van der Waals surface area contributed by atoms with Gasteiger partial charge in [0.25, 0.3) is 0 Å². The van der Waals surface area contributed by atoms with E-state index >= 15 is 0 Å². The SMILES string of the molecule is CCCC(C)NC(=O)Cn1nnc(C(=O)O)c1C(F)(F)F. The lowest BCUT2D eigenvalue weighted by Gasteiger charge is -2.14. The molecule has 0 saturated carbocycles. The van der Waals surface area contributed by atoms with E-state index in [4.69, 9.17) is 5.11 Å². The van der Waals surface area contributed by atoms with Gasteiger partial charge in [-0.3, -0.25) is 4.79 Å². The van der Waals surface area contributed by atoms with Crippen LogP contribution >= 0.6 is 0 Å². The molecule has 0 radical (unpaired) electrons. The van der Waals surface area contributed by atoms with Crippen LogP contribution in [0.2, 0.25) is 0 Å². The summed E-state index contributed by atoms with van der Waals surface area (Å²) in [5, 5.41) is 17.2. The summed E-state index contributed by atoms with van der Waals surface area (Å²) in [6.45, 7) is 2.88. The molecule has 0 aliphatic rings. The zero-order chi connectivity index (χ0) is 16.2. The Balaban J connectivity index is 2.94. The zero-order valence-electron chi connectivity index (χ0n) is 11.4. The summed E-state index contributed by atoms with van der Waals surface area (Å²) in [6.07, 6.45) is -3.48. The lowest BCUT2D eigenvalue weighted by Crippen LogP contribution is -2.36. The fourth-order valence-electron chi connectivity index (χ4n) is 1.81. The van der Waals surface area contributed by atoms with Crippen LogP contribution in [0.25, 0.3) is 0 Å². The van der Waals surface area contributed by atoms with Crippen molar-refractivity contribution in [3.63, 3.8) is 0 Å². The minimum absolute atomic E-state index is 0.195. The van der Waals surface area contributed by atoms with Crippen LogP contribution in [0.1, 0.15) is 42.9 Å². The second-order valence-corrected chi connectivity index (χ2v) is 4.50. The number of alkyl halides is 3. The Hall–Kier alpha value is -2.13. The third kappa shape index (κ3) is 4.43. The van der Waals surface area contributed by atoms with Gasteiger partial charge in [0.05, 0.1) is 0 Å². The average molecular weight is 308 g/mol. The summed E-state index contributed by atoms with van der Waals surface area (Å²) in [7, 11) is 0. The maximum Gasteiger partial charge on any atom is 0.435 e. The first kappa shape index (κ1) is 16.9. The van der Waals surface area contributed by atoms with Crippen LogP contribution in [-0.4, -0.2) is 38.0 Å². The van der Waals surface area contributed by atoms with Gasteiger partial charge in [-0.05, 0) is 13.3 Å². The van der Waals surface area contributed by atoms with Gasteiger partial charge in [0.1, 0.15) is 6.54 Å². The molecule has 1 rings (SSSR count). The van der Waals surface area contributed by atoms with Gasteiger partial charge in [0.15, 0.2) is 5.69 Å². The Morgan fingerprint density at radius 1 is 1.43 bits per heavy atom. The monoisotopic (exact) mass is 308 g/mol. The fourth-order valence-corrected chi connectivity index (χ4v) is 1.81. The number of nitrogens with zero attached hydrogens (tertiary/aromatic N) is 3. The molecule has 1 amide bonds. The highest BCUT2D eigenvalue weighted by molar-refractivity contribution is 5.87. The molecule has 10 heteroatoms. The van der Waals surface area contributed by atoms with Crippen LogP contribution in [0.3, 0.4) is 0 Å². The van der Waals surface area contributed by atoms with Crippen molar-refractivity contribution >= 4 is 11.9 Å². The summed E-state index contributed by atoms with van der Waals surface area (Å²) in [5.41, 5.74) is -2.77. The van der Waals surface area contributed by atoms with Crippen molar-refractivity contribution in [1.82, 2.24) is 20.3 Å². The van der Waals surface area contributed by atoms with Crippen LogP contribution in [0.15, 0.2) is 0 Å². The van der Waals surface area contributed by atoms with E-state index in [1.54, 1.807) is 6.92 Å². The van der Waals surface area contributed by atoms with E-state index in [0.29, 0.717) is 6.42 Å². The molecule has 0 saturated heterocycles. The van der Waals surface area contributed by atoms with Crippen molar-refractivity contribution in [2.75, 3.05) is 0 Å². The summed E-state index contributed by atoms with van der Waals surface area (Å²) < 4.78 is 38.8. The quantitative estimate of drug-likeness (QED) is 0.825. The largest absolute Gasteiger partial charge is 0.476 e. The number of aromatic nitrogens is 3. The van der Waals surface area contributed by atoms with Gasteiger partial charge in [-0.25, -0.2) is 9.48 Å². The molecule has 1 atom stereocenters. The van der Waals surface area contributed by atoms with Crippen molar-refractivity contribution in [2.45, 2.75) is 45.5 Å². The molecule has 7 nitrogen and oxygen atoms in total. The second kappa shape index (κ2) is 6.55. The Kier molecular flexibility index (Phi) is 5.28. The summed E-state index contributed by atoms with van der Waals surface area (Å²) in [5.74, 6) is -2.54. The normalized spacial score (nSPS) is 13.0. The predicted octanol–water partition coefficient (Wildman–Crippen LogP) is 1.30. The Morgan fingerprint density at radius 3 is 2.52 bits per heavy atom. The molecule has 0 aliphatic carbocycles. The minimum Gasteiger partial charge on any atom is -0.476 e. The molecule has 1 aromatic rings. The van der Waals surface area contributed by atoms with E-state index in [0.717, 1.165) is 6.42 Å². The molecule has 0 spiro atoms. The van der Waals surface area contributed by atoms with E-state index in [9.17, 15) is 22.8 Å². The number of amides is 1. The molecule has 0 aliphatic heterocycles. The third-order valence-electron chi connectivity index (χ3n) is 2.63. The zero-order valence-corrected chi connectivity index (χ0v) is 11.4. The van der Waals surface area contributed by atoms with Gasteiger partial charge in [-0.15, -0.1) is 5.10 Å². The Morgan fingerprint density at radius 2 is 2.05 bits per heavy atom. The number of aromatic carboxylic acids is 1. The fraction of sp³-hybridized carbons (Fsp3) is 0.636.